The summed E-state index contributed by atoms with van der Waals surface area (Å²) in [5.74, 6) is 0.597. The molecule has 0 saturated heterocycles. The average Bonchev–Trinajstić information content (AvgIpc) is 2.99. The maximum atomic E-state index is 11.9. The molecule has 0 bridgehead atoms. The van der Waals surface area contributed by atoms with Crippen LogP contribution in [-0.4, -0.2) is 17.6 Å². The summed E-state index contributed by atoms with van der Waals surface area (Å²) >= 11 is 0. The van der Waals surface area contributed by atoms with E-state index in [-0.39, 0.29) is 5.97 Å². The number of nitrogens with zero attached hydrogens (tertiary/aromatic N) is 1. The van der Waals surface area contributed by atoms with E-state index in [0.29, 0.717) is 12.2 Å². The van der Waals surface area contributed by atoms with Crippen LogP contribution in [0.4, 0.5) is 0 Å². The van der Waals surface area contributed by atoms with Crippen LogP contribution in [0, 0.1) is 6.92 Å². The molecule has 26 heavy (non-hydrogen) atoms. The summed E-state index contributed by atoms with van der Waals surface area (Å²) in [5, 5.41) is 0. The van der Waals surface area contributed by atoms with E-state index in [1.165, 1.54) is 23.9 Å². The summed E-state index contributed by atoms with van der Waals surface area (Å²) in [6.45, 7) is 5.67. The minimum absolute atomic E-state index is 0.322. The molecule has 0 unspecified atom stereocenters. The molecule has 0 spiro atoms. The Morgan fingerprint density at radius 1 is 1.15 bits per heavy atom. The van der Waals surface area contributed by atoms with Crippen LogP contribution in [0.3, 0.4) is 0 Å². The summed E-state index contributed by atoms with van der Waals surface area (Å²) in [7, 11) is 1.40. The number of para-hydroxylation sites is 1. The maximum Gasteiger partial charge on any atom is 0.337 e. The van der Waals surface area contributed by atoms with Gasteiger partial charge in [-0.25, -0.2) is 4.79 Å². The third kappa shape index (κ3) is 2.41. The summed E-state index contributed by atoms with van der Waals surface area (Å²) < 4.78 is 13.2. The van der Waals surface area contributed by atoms with E-state index in [1.54, 1.807) is 6.07 Å². The Labute approximate surface area is 153 Å². The van der Waals surface area contributed by atoms with Crippen LogP contribution >= 0.6 is 0 Å². The highest BCUT2D eigenvalue weighted by Gasteiger charge is 2.27. The third-order valence-electron chi connectivity index (χ3n) is 5.02. The minimum atomic E-state index is -0.322. The molecule has 1 aliphatic heterocycles. The van der Waals surface area contributed by atoms with Gasteiger partial charge in [0.25, 0.3) is 0 Å². The van der Waals surface area contributed by atoms with E-state index in [4.69, 9.17) is 9.47 Å². The van der Waals surface area contributed by atoms with Gasteiger partial charge in [-0.1, -0.05) is 24.3 Å². The lowest BCUT2D eigenvalue weighted by Crippen LogP contribution is -2.08. The first-order valence-corrected chi connectivity index (χ1v) is 8.78. The number of esters is 1. The van der Waals surface area contributed by atoms with Crippen LogP contribution in [0.5, 0.6) is 5.75 Å². The average molecular weight is 347 g/mol. The van der Waals surface area contributed by atoms with Crippen LogP contribution in [0.1, 0.15) is 28.4 Å². The number of benzene rings is 2. The topological polar surface area (TPSA) is 40.5 Å². The molecule has 1 aliphatic rings. The highest BCUT2D eigenvalue weighted by molar-refractivity contribution is 5.91. The molecule has 2 heterocycles. The number of methoxy groups -OCH3 is 1. The van der Waals surface area contributed by atoms with Crippen LogP contribution in [-0.2, 0) is 17.9 Å². The molecule has 4 heteroatoms. The predicted octanol–water partition coefficient (Wildman–Crippen LogP) is 4.83. The Morgan fingerprint density at radius 2 is 1.96 bits per heavy atom. The molecule has 0 aliphatic carbocycles. The van der Waals surface area contributed by atoms with Gasteiger partial charge in [0, 0.05) is 17.7 Å². The number of carbonyl (C=O) groups excluding carboxylic acids is 1. The molecule has 0 saturated carbocycles. The van der Waals surface area contributed by atoms with Crippen LogP contribution in [0.2, 0.25) is 0 Å². The number of aromatic nitrogens is 1. The highest BCUT2D eigenvalue weighted by Crippen LogP contribution is 2.44. The minimum Gasteiger partial charge on any atom is -0.488 e. The predicted molar refractivity (Wildman–Crippen MR) is 101 cm³/mol. The lowest BCUT2D eigenvalue weighted by molar-refractivity contribution is 0.0601. The first kappa shape index (κ1) is 16.5. The van der Waals surface area contributed by atoms with Crippen molar-refractivity contribution in [3.8, 4) is 28.3 Å². The zero-order valence-corrected chi connectivity index (χ0v) is 15.2. The second-order valence-electron chi connectivity index (χ2n) is 6.40. The Bertz CT molecular complexity index is 1000. The van der Waals surface area contributed by atoms with Gasteiger partial charge in [0.15, 0.2) is 0 Å². The van der Waals surface area contributed by atoms with Gasteiger partial charge >= 0.3 is 5.97 Å². The standard InChI is InChI=1S/C22H21NO3/c1-4-23-20(15-8-7-9-16(12-15)22(24)25-3)14(2)18-13-26-19-11-6-5-10-17(19)21(18)23/h5-12H,4,13H2,1-3H3. The van der Waals surface area contributed by atoms with Crippen molar-refractivity contribution in [2.24, 2.45) is 0 Å². The normalized spacial score (nSPS) is 12.1. The second-order valence-corrected chi connectivity index (χ2v) is 6.40. The molecule has 0 atom stereocenters. The van der Waals surface area contributed by atoms with E-state index in [2.05, 4.69) is 24.5 Å². The van der Waals surface area contributed by atoms with Crippen LogP contribution in [0.25, 0.3) is 22.5 Å². The number of ether oxygens (including phenoxy) is 2. The van der Waals surface area contributed by atoms with Gasteiger partial charge < -0.3 is 14.0 Å². The van der Waals surface area contributed by atoms with Gasteiger partial charge in [-0.15, -0.1) is 0 Å². The van der Waals surface area contributed by atoms with Crippen molar-refractivity contribution in [3.63, 3.8) is 0 Å². The number of hydrogen-bond acceptors (Lipinski definition) is 3. The van der Waals surface area contributed by atoms with Crippen molar-refractivity contribution in [1.82, 2.24) is 4.57 Å². The lowest BCUT2D eigenvalue weighted by atomic mass is 10.00. The van der Waals surface area contributed by atoms with E-state index in [1.807, 2.05) is 36.4 Å². The van der Waals surface area contributed by atoms with Gasteiger partial charge in [0.1, 0.15) is 12.4 Å². The monoisotopic (exact) mass is 347 g/mol. The quantitative estimate of drug-likeness (QED) is 0.637. The fourth-order valence-electron chi connectivity index (χ4n) is 3.82. The highest BCUT2D eigenvalue weighted by atomic mass is 16.5. The van der Waals surface area contributed by atoms with E-state index < -0.39 is 0 Å². The van der Waals surface area contributed by atoms with Crippen molar-refractivity contribution in [1.29, 1.82) is 0 Å². The molecule has 4 nitrogen and oxygen atoms in total. The Balaban J connectivity index is 1.96. The molecular formula is C22H21NO3. The fraction of sp³-hybridized carbons (Fsp3) is 0.227. The SMILES string of the molecule is CCn1c(-c2cccc(C(=O)OC)c2)c(C)c2c1-c1ccccc1OC2. The van der Waals surface area contributed by atoms with Crippen molar-refractivity contribution < 1.29 is 14.3 Å². The summed E-state index contributed by atoms with van der Waals surface area (Å²) in [4.78, 5) is 11.9. The molecule has 0 radical (unpaired) electrons. The van der Waals surface area contributed by atoms with E-state index >= 15 is 0 Å². The third-order valence-corrected chi connectivity index (χ3v) is 5.02. The fourth-order valence-corrected chi connectivity index (χ4v) is 3.82. The molecule has 1 aromatic heterocycles. The lowest BCUT2D eigenvalue weighted by Gasteiger charge is -2.20. The molecule has 4 rings (SSSR count). The number of fused-ring (bicyclic) bond motifs is 3. The van der Waals surface area contributed by atoms with Gasteiger partial charge in [-0.2, -0.15) is 0 Å². The van der Waals surface area contributed by atoms with Crippen LogP contribution < -0.4 is 4.74 Å². The number of rotatable bonds is 3. The number of carbonyl (C=O) groups is 1. The van der Waals surface area contributed by atoms with Crippen LogP contribution in [0.15, 0.2) is 48.5 Å². The van der Waals surface area contributed by atoms with Crippen molar-refractivity contribution >= 4 is 5.97 Å². The smallest absolute Gasteiger partial charge is 0.337 e. The van der Waals surface area contributed by atoms with Gasteiger partial charge in [-0.05, 0) is 49.2 Å². The molecule has 2 aromatic carbocycles. The molecule has 3 aromatic rings. The van der Waals surface area contributed by atoms with Crippen molar-refractivity contribution in [2.75, 3.05) is 7.11 Å². The zero-order valence-electron chi connectivity index (χ0n) is 15.2. The first-order valence-electron chi connectivity index (χ1n) is 8.78. The maximum absolute atomic E-state index is 11.9. The Morgan fingerprint density at radius 3 is 2.73 bits per heavy atom. The van der Waals surface area contributed by atoms with Crippen molar-refractivity contribution in [2.45, 2.75) is 27.0 Å². The summed E-state index contributed by atoms with van der Waals surface area (Å²) in [6.07, 6.45) is 0. The zero-order chi connectivity index (χ0) is 18.3. The van der Waals surface area contributed by atoms with Gasteiger partial charge in [0.05, 0.1) is 24.1 Å². The van der Waals surface area contributed by atoms with E-state index in [0.717, 1.165) is 29.1 Å². The second kappa shape index (κ2) is 6.37. The van der Waals surface area contributed by atoms with Crippen molar-refractivity contribution in [3.05, 3.63) is 65.2 Å². The van der Waals surface area contributed by atoms with Gasteiger partial charge in [-0.3, -0.25) is 0 Å². The van der Waals surface area contributed by atoms with E-state index in [9.17, 15) is 4.79 Å². The molecule has 0 N–H and O–H groups in total. The molecule has 0 amide bonds. The van der Waals surface area contributed by atoms with Gasteiger partial charge in [0.2, 0.25) is 0 Å². The Kier molecular flexibility index (Phi) is 4.03. The molecular weight excluding hydrogens is 326 g/mol. The summed E-state index contributed by atoms with van der Waals surface area (Å²) in [6, 6.07) is 15.8. The Hall–Kier alpha value is -3.01. The summed E-state index contributed by atoms with van der Waals surface area (Å²) in [5.41, 5.74) is 7.44. The molecule has 0 fully saturated rings. The largest absolute Gasteiger partial charge is 0.488 e. The molecule has 132 valence electrons. The number of hydrogen-bond donors (Lipinski definition) is 0. The first-order chi connectivity index (χ1) is 12.7.